The Labute approximate surface area is 109 Å². The first-order chi connectivity index (χ1) is 8.56. The van der Waals surface area contributed by atoms with Gasteiger partial charge < -0.3 is 9.47 Å². The predicted molar refractivity (Wildman–Crippen MR) is 67.7 cm³/mol. The number of carbonyl (C=O) groups is 1. The van der Waals surface area contributed by atoms with Crippen molar-refractivity contribution in [1.29, 1.82) is 0 Å². The van der Waals surface area contributed by atoms with Gasteiger partial charge in [0, 0.05) is 5.92 Å². The Bertz CT molecular complexity index is 339. The van der Waals surface area contributed by atoms with Gasteiger partial charge in [-0.2, -0.15) is 0 Å². The van der Waals surface area contributed by atoms with Crippen LogP contribution in [0.2, 0.25) is 0 Å². The van der Waals surface area contributed by atoms with Gasteiger partial charge in [0.1, 0.15) is 0 Å². The van der Waals surface area contributed by atoms with Gasteiger partial charge in [0.05, 0.1) is 12.0 Å². The Morgan fingerprint density at radius 1 is 1.28 bits per heavy atom. The number of hydrogen-bond donors (Lipinski definition) is 0. The molecule has 2 saturated carbocycles. The van der Waals surface area contributed by atoms with Crippen LogP contribution in [0.15, 0.2) is 0 Å². The van der Waals surface area contributed by atoms with Crippen LogP contribution >= 0.6 is 0 Å². The van der Waals surface area contributed by atoms with Gasteiger partial charge >= 0.3 is 5.97 Å². The minimum atomic E-state index is -0.237. The first kappa shape index (κ1) is 12.5. The third-order valence-electron chi connectivity index (χ3n) is 4.99. The van der Waals surface area contributed by atoms with Crippen molar-refractivity contribution in [2.75, 3.05) is 0 Å². The number of fused-ring (bicyclic) bond motifs is 1. The highest BCUT2D eigenvalue weighted by molar-refractivity contribution is 5.78. The molecule has 102 valence electrons. The molecule has 3 rings (SSSR count). The molecule has 0 radical (unpaired) electrons. The number of hydrogen-bond acceptors (Lipinski definition) is 3. The summed E-state index contributed by atoms with van der Waals surface area (Å²) >= 11 is 0. The van der Waals surface area contributed by atoms with Crippen LogP contribution in [0.3, 0.4) is 0 Å². The third-order valence-corrected chi connectivity index (χ3v) is 4.99. The Balaban J connectivity index is 1.63. The average molecular weight is 252 g/mol. The first-order valence-electron chi connectivity index (χ1n) is 7.42. The van der Waals surface area contributed by atoms with Gasteiger partial charge in [0.2, 0.25) is 6.29 Å². The van der Waals surface area contributed by atoms with Gasteiger partial charge in [-0.25, -0.2) is 0 Å². The van der Waals surface area contributed by atoms with Crippen LogP contribution in [0.5, 0.6) is 0 Å². The fraction of sp³-hybridized carbons (Fsp3) is 0.933. The molecular formula is C15H24O3. The highest BCUT2D eigenvalue weighted by Gasteiger charge is 2.58. The van der Waals surface area contributed by atoms with Crippen LogP contribution in [0.1, 0.15) is 46.5 Å². The molecule has 1 heterocycles. The van der Waals surface area contributed by atoms with Gasteiger partial charge in [0.25, 0.3) is 0 Å². The maximum absolute atomic E-state index is 11.4. The summed E-state index contributed by atoms with van der Waals surface area (Å²) in [6.45, 7) is 6.85. The third kappa shape index (κ3) is 2.18. The Morgan fingerprint density at radius 2 is 2.06 bits per heavy atom. The molecule has 3 fully saturated rings. The Morgan fingerprint density at radius 3 is 2.61 bits per heavy atom. The number of rotatable bonds is 3. The SMILES string of the molecule is CC(C)[C@H]1CC[C@H](C)C[C@@H]1O[C@H]1OC(=O)[C@@H]2C[C@H]12. The van der Waals surface area contributed by atoms with Crippen LogP contribution in [0, 0.1) is 29.6 Å². The summed E-state index contributed by atoms with van der Waals surface area (Å²) in [7, 11) is 0. The molecule has 0 spiro atoms. The van der Waals surface area contributed by atoms with Crippen molar-refractivity contribution < 1.29 is 14.3 Å². The van der Waals surface area contributed by atoms with Crippen LogP contribution in [-0.4, -0.2) is 18.4 Å². The summed E-state index contributed by atoms with van der Waals surface area (Å²) in [4.78, 5) is 11.4. The average Bonchev–Trinajstić information content (AvgIpc) is 3.02. The summed E-state index contributed by atoms with van der Waals surface area (Å²) < 4.78 is 11.5. The maximum atomic E-state index is 11.4. The molecule has 3 aliphatic rings. The van der Waals surface area contributed by atoms with Crippen LogP contribution < -0.4 is 0 Å². The minimum absolute atomic E-state index is 0.0324. The molecule has 1 saturated heterocycles. The predicted octanol–water partition coefficient (Wildman–Crippen LogP) is 2.98. The van der Waals surface area contributed by atoms with E-state index in [0.29, 0.717) is 17.8 Å². The second-order valence-corrected chi connectivity index (χ2v) is 6.81. The maximum Gasteiger partial charge on any atom is 0.311 e. The lowest BCUT2D eigenvalue weighted by atomic mass is 9.75. The van der Waals surface area contributed by atoms with Crippen molar-refractivity contribution in [3.05, 3.63) is 0 Å². The molecular weight excluding hydrogens is 228 g/mol. The number of esters is 1. The molecule has 2 aliphatic carbocycles. The Hall–Kier alpha value is -0.570. The molecule has 0 unspecified atom stereocenters. The number of cyclic esters (lactones) is 1. The first-order valence-corrected chi connectivity index (χ1v) is 7.42. The van der Waals surface area contributed by atoms with E-state index < -0.39 is 0 Å². The van der Waals surface area contributed by atoms with E-state index >= 15 is 0 Å². The summed E-state index contributed by atoms with van der Waals surface area (Å²) in [6, 6.07) is 0. The van der Waals surface area contributed by atoms with Gasteiger partial charge in [-0.1, -0.05) is 27.2 Å². The van der Waals surface area contributed by atoms with Crippen LogP contribution in [0.4, 0.5) is 0 Å². The fourth-order valence-electron chi connectivity index (χ4n) is 3.65. The highest BCUT2D eigenvalue weighted by Crippen LogP contribution is 2.50. The van der Waals surface area contributed by atoms with Crippen LogP contribution in [-0.2, 0) is 14.3 Å². The van der Waals surface area contributed by atoms with E-state index in [0.717, 1.165) is 18.8 Å². The molecule has 18 heavy (non-hydrogen) atoms. The standard InChI is InChI=1S/C15H24O3/c1-8(2)10-5-4-9(3)6-13(10)17-15-12-7-11(12)14(16)18-15/h8-13,15H,4-7H2,1-3H3/t9-,10+,11+,12-,13-,15-/m0/s1. The smallest absolute Gasteiger partial charge is 0.311 e. The lowest BCUT2D eigenvalue weighted by molar-refractivity contribution is -0.196. The second-order valence-electron chi connectivity index (χ2n) is 6.81. The van der Waals surface area contributed by atoms with Crippen molar-refractivity contribution in [2.45, 2.75) is 58.8 Å². The van der Waals surface area contributed by atoms with E-state index in [2.05, 4.69) is 20.8 Å². The summed E-state index contributed by atoms with van der Waals surface area (Å²) in [5, 5.41) is 0. The van der Waals surface area contributed by atoms with E-state index in [9.17, 15) is 4.79 Å². The van der Waals surface area contributed by atoms with E-state index in [4.69, 9.17) is 9.47 Å². The zero-order chi connectivity index (χ0) is 12.9. The fourth-order valence-corrected chi connectivity index (χ4v) is 3.65. The minimum Gasteiger partial charge on any atom is -0.435 e. The molecule has 0 aromatic carbocycles. The molecule has 0 aromatic rings. The van der Waals surface area contributed by atoms with Crippen molar-refractivity contribution in [1.82, 2.24) is 0 Å². The normalized spacial score (nSPS) is 47.0. The molecule has 3 nitrogen and oxygen atoms in total. The van der Waals surface area contributed by atoms with Crippen molar-refractivity contribution in [2.24, 2.45) is 29.6 Å². The van der Waals surface area contributed by atoms with Crippen molar-refractivity contribution in [3.63, 3.8) is 0 Å². The molecule has 3 heteroatoms. The van der Waals surface area contributed by atoms with Gasteiger partial charge in [-0.15, -0.1) is 0 Å². The zero-order valence-electron chi connectivity index (χ0n) is 11.6. The molecule has 0 N–H and O–H groups in total. The van der Waals surface area contributed by atoms with E-state index in [1.165, 1.54) is 12.8 Å². The molecule has 6 atom stereocenters. The number of carbonyl (C=O) groups excluding carboxylic acids is 1. The molecule has 0 amide bonds. The van der Waals surface area contributed by atoms with E-state index in [-0.39, 0.29) is 24.3 Å². The lowest BCUT2D eigenvalue weighted by Crippen LogP contribution is -2.37. The van der Waals surface area contributed by atoms with Crippen molar-refractivity contribution in [3.8, 4) is 0 Å². The van der Waals surface area contributed by atoms with Gasteiger partial charge in [-0.05, 0) is 37.0 Å². The molecule has 0 aromatic heterocycles. The lowest BCUT2D eigenvalue weighted by Gasteiger charge is -2.38. The monoisotopic (exact) mass is 252 g/mol. The quantitative estimate of drug-likeness (QED) is 0.724. The van der Waals surface area contributed by atoms with E-state index in [1.54, 1.807) is 0 Å². The summed E-state index contributed by atoms with van der Waals surface area (Å²) in [5.41, 5.74) is 0. The second kappa shape index (κ2) is 4.52. The van der Waals surface area contributed by atoms with Gasteiger partial charge in [-0.3, -0.25) is 4.79 Å². The van der Waals surface area contributed by atoms with Gasteiger partial charge in [0.15, 0.2) is 0 Å². The topological polar surface area (TPSA) is 35.5 Å². The Kier molecular flexibility index (Phi) is 3.13. The summed E-state index contributed by atoms with van der Waals surface area (Å²) in [5.74, 6) is 2.50. The van der Waals surface area contributed by atoms with Crippen LogP contribution in [0.25, 0.3) is 0 Å². The van der Waals surface area contributed by atoms with Crippen molar-refractivity contribution >= 4 is 5.97 Å². The molecule has 1 aliphatic heterocycles. The molecule has 0 bridgehead atoms. The largest absolute Gasteiger partial charge is 0.435 e. The summed E-state index contributed by atoms with van der Waals surface area (Å²) in [6.07, 6.45) is 4.70. The number of ether oxygens (including phenoxy) is 2. The highest BCUT2D eigenvalue weighted by atomic mass is 16.7. The van der Waals surface area contributed by atoms with E-state index in [1.807, 2.05) is 0 Å². The zero-order valence-corrected chi connectivity index (χ0v) is 11.6.